The molecule has 1 aliphatic carbocycles. The van der Waals surface area contributed by atoms with Crippen LogP contribution >= 0.6 is 0 Å². The molecule has 0 aromatic rings. The van der Waals surface area contributed by atoms with Gasteiger partial charge < -0.3 is 10.2 Å². The van der Waals surface area contributed by atoms with Gasteiger partial charge in [-0.15, -0.1) is 0 Å². The quantitative estimate of drug-likeness (QED) is 0.695. The van der Waals surface area contributed by atoms with E-state index in [0.717, 1.165) is 12.1 Å². The van der Waals surface area contributed by atoms with Crippen LogP contribution in [0.3, 0.4) is 0 Å². The Labute approximate surface area is 81.7 Å². The van der Waals surface area contributed by atoms with Gasteiger partial charge in [-0.2, -0.15) is 0 Å². The molecule has 1 atom stereocenters. The Kier molecular flexibility index (Phi) is 2.37. The average Bonchev–Trinajstić information content (AvgIpc) is 2.31. The molecule has 2 aliphatic rings. The highest BCUT2D eigenvalue weighted by atomic mass is 15.2. The summed E-state index contributed by atoms with van der Waals surface area (Å²) >= 11 is 0. The van der Waals surface area contributed by atoms with Crippen molar-refractivity contribution in [1.82, 2.24) is 10.2 Å². The van der Waals surface area contributed by atoms with E-state index >= 15 is 0 Å². The van der Waals surface area contributed by atoms with E-state index in [9.17, 15) is 0 Å². The Morgan fingerprint density at radius 2 is 1.92 bits per heavy atom. The smallest absolute Gasteiger partial charge is 0.0209 e. The molecule has 1 aliphatic heterocycles. The van der Waals surface area contributed by atoms with Crippen molar-refractivity contribution in [3.8, 4) is 0 Å². The van der Waals surface area contributed by atoms with Gasteiger partial charge in [0.05, 0.1) is 0 Å². The van der Waals surface area contributed by atoms with Gasteiger partial charge in [-0.3, -0.25) is 0 Å². The van der Waals surface area contributed by atoms with Crippen molar-refractivity contribution in [2.24, 2.45) is 5.41 Å². The lowest BCUT2D eigenvalue weighted by Gasteiger charge is -2.44. The number of hydrogen-bond acceptors (Lipinski definition) is 2. The maximum absolute atomic E-state index is 3.76. The van der Waals surface area contributed by atoms with E-state index in [0.29, 0.717) is 5.41 Å². The molecule has 1 heterocycles. The molecule has 2 rings (SSSR count). The molecule has 76 valence electrons. The summed E-state index contributed by atoms with van der Waals surface area (Å²) in [4.78, 5) is 2.42. The van der Waals surface area contributed by atoms with Crippen LogP contribution in [-0.4, -0.2) is 37.1 Å². The first-order valence-electron chi connectivity index (χ1n) is 5.50. The highest BCUT2D eigenvalue weighted by Gasteiger charge is 2.37. The minimum absolute atomic E-state index is 0.613. The number of nitrogens with one attached hydrogen (secondary N) is 1. The van der Waals surface area contributed by atoms with Gasteiger partial charge >= 0.3 is 0 Å². The van der Waals surface area contributed by atoms with E-state index in [1.807, 2.05) is 0 Å². The van der Waals surface area contributed by atoms with Crippen LogP contribution in [0, 0.1) is 5.41 Å². The standard InChI is InChI=1S/C11H22N2/c1-11(2)6-10(7-11)12-9-4-5-13(3)8-9/h9-10,12H,4-8H2,1-3H3. The van der Waals surface area contributed by atoms with E-state index in [1.54, 1.807) is 0 Å². The van der Waals surface area contributed by atoms with Gasteiger partial charge in [0.15, 0.2) is 0 Å². The second-order valence-electron chi connectivity index (χ2n) is 5.68. The van der Waals surface area contributed by atoms with E-state index in [-0.39, 0.29) is 0 Å². The molecule has 0 aromatic carbocycles. The molecule has 0 spiro atoms. The van der Waals surface area contributed by atoms with Gasteiger partial charge in [-0.25, -0.2) is 0 Å². The summed E-state index contributed by atoms with van der Waals surface area (Å²) < 4.78 is 0. The maximum atomic E-state index is 3.76. The second-order valence-corrected chi connectivity index (χ2v) is 5.68. The number of hydrogen-bond donors (Lipinski definition) is 1. The Hall–Kier alpha value is -0.0800. The molecular formula is C11H22N2. The third kappa shape index (κ3) is 2.23. The zero-order valence-electron chi connectivity index (χ0n) is 9.14. The summed E-state index contributed by atoms with van der Waals surface area (Å²) in [7, 11) is 2.21. The van der Waals surface area contributed by atoms with Crippen molar-refractivity contribution >= 4 is 0 Å². The molecule has 1 N–H and O–H groups in total. The monoisotopic (exact) mass is 182 g/mol. The number of likely N-dealkylation sites (N-methyl/N-ethyl adjacent to an activating group) is 1. The Bertz CT molecular complexity index is 181. The summed E-state index contributed by atoms with van der Waals surface area (Å²) in [5, 5.41) is 3.76. The number of nitrogens with zero attached hydrogens (tertiary/aromatic N) is 1. The van der Waals surface area contributed by atoms with Crippen LogP contribution in [0.1, 0.15) is 33.1 Å². The third-order valence-electron chi connectivity index (χ3n) is 3.46. The Morgan fingerprint density at radius 1 is 1.23 bits per heavy atom. The van der Waals surface area contributed by atoms with Gasteiger partial charge in [0.2, 0.25) is 0 Å². The van der Waals surface area contributed by atoms with E-state index in [1.165, 1.54) is 32.4 Å². The fourth-order valence-electron chi connectivity index (χ4n) is 2.80. The van der Waals surface area contributed by atoms with Crippen LogP contribution in [0.5, 0.6) is 0 Å². The second kappa shape index (κ2) is 3.25. The molecule has 13 heavy (non-hydrogen) atoms. The van der Waals surface area contributed by atoms with Crippen LogP contribution in [-0.2, 0) is 0 Å². The van der Waals surface area contributed by atoms with Crippen molar-refractivity contribution in [1.29, 1.82) is 0 Å². The van der Waals surface area contributed by atoms with Crippen molar-refractivity contribution in [3.63, 3.8) is 0 Å². The van der Waals surface area contributed by atoms with Crippen molar-refractivity contribution in [3.05, 3.63) is 0 Å². The van der Waals surface area contributed by atoms with Crippen LogP contribution in [0.25, 0.3) is 0 Å². The Morgan fingerprint density at radius 3 is 2.38 bits per heavy atom. The van der Waals surface area contributed by atoms with Crippen LogP contribution < -0.4 is 5.32 Å². The van der Waals surface area contributed by atoms with Gasteiger partial charge in [0, 0.05) is 18.6 Å². The van der Waals surface area contributed by atoms with Crippen LogP contribution in [0.4, 0.5) is 0 Å². The Balaban J connectivity index is 1.69. The third-order valence-corrected chi connectivity index (χ3v) is 3.46. The predicted octanol–water partition coefficient (Wildman–Crippen LogP) is 1.47. The lowest BCUT2D eigenvalue weighted by molar-refractivity contribution is 0.117. The molecule has 2 heteroatoms. The van der Waals surface area contributed by atoms with Gasteiger partial charge in [0.1, 0.15) is 0 Å². The molecule has 2 fully saturated rings. The fraction of sp³-hybridized carbons (Fsp3) is 1.00. The summed E-state index contributed by atoms with van der Waals surface area (Å²) in [6, 6.07) is 1.58. The van der Waals surface area contributed by atoms with E-state index in [4.69, 9.17) is 0 Å². The molecule has 0 radical (unpaired) electrons. The summed E-state index contributed by atoms with van der Waals surface area (Å²) in [5.41, 5.74) is 0.613. The molecule has 1 saturated carbocycles. The highest BCUT2D eigenvalue weighted by Crippen LogP contribution is 2.40. The number of rotatable bonds is 2. The molecular weight excluding hydrogens is 160 g/mol. The zero-order valence-corrected chi connectivity index (χ0v) is 9.14. The molecule has 0 bridgehead atoms. The average molecular weight is 182 g/mol. The minimum atomic E-state index is 0.613. The molecule has 0 aromatic heterocycles. The van der Waals surface area contributed by atoms with Crippen molar-refractivity contribution in [2.45, 2.75) is 45.2 Å². The summed E-state index contributed by atoms with van der Waals surface area (Å²) in [5.74, 6) is 0. The minimum Gasteiger partial charge on any atom is -0.310 e. The number of likely N-dealkylation sites (tertiary alicyclic amines) is 1. The first-order valence-corrected chi connectivity index (χ1v) is 5.50. The van der Waals surface area contributed by atoms with Crippen LogP contribution in [0.2, 0.25) is 0 Å². The normalized spacial score (nSPS) is 34.8. The SMILES string of the molecule is CN1CCC(NC2CC(C)(C)C2)C1. The van der Waals surface area contributed by atoms with Crippen LogP contribution in [0.15, 0.2) is 0 Å². The van der Waals surface area contributed by atoms with E-state index < -0.39 is 0 Å². The topological polar surface area (TPSA) is 15.3 Å². The lowest BCUT2D eigenvalue weighted by atomic mass is 9.68. The predicted molar refractivity (Wildman–Crippen MR) is 55.8 cm³/mol. The zero-order chi connectivity index (χ0) is 9.47. The van der Waals surface area contributed by atoms with Gasteiger partial charge in [0.25, 0.3) is 0 Å². The molecule has 2 nitrogen and oxygen atoms in total. The maximum Gasteiger partial charge on any atom is 0.0209 e. The van der Waals surface area contributed by atoms with E-state index in [2.05, 4.69) is 31.1 Å². The molecule has 1 unspecified atom stereocenters. The summed E-state index contributed by atoms with van der Waals surface area (Å²) in [6.45, 7) is 7.25. The first-order chi connectivity index (χ1) is 6.05. The van der Waals surface area contributed by atoms with Crippen molar-refractivity contribution < 1.29 is 0 Å². The summed E-state index contributed by atoms with van der Waals surface area (Å²) in [6.07, 6.45) is 4.08. The first kappa shape index (κ1) is 9.47. The van der Waals surface area contributed by atoms with Crippen molar-refractivity contribution in [2.75, 3.05) is 20.1 Å². The molecule has 1 saturated heterocycles. The largest absolute Gasteiger partial charge is 0.310 e. The van der Waals surface area contributed by atoms with Gasteiger partial charge in [-0.05, 0) is 38.3 Å². The highest BCUT2D eigenvalue weighted by molar-refractivity contribution is 4.94. The fourth-order valence-corrected chi connectivity index (χ4v) is 2.80. The lowest BCUT2D eigenvalue weighted by Crippen LogP contribution is -2.50. The molecule has 0 amide bonds. The van der Waals surface area contributed by atoms with Gasteiger partial charge in [-0.1, -0.05) is 13.8 Å².